The van der Waals surface area contributed by atoms with E-state index in [0.29, 0.717) is 23.3 Å². The molecular formula is C17H20N2O2S2. The minimum atomic E-state index is -3.29. The van der Waals surface area contributed by atoms with E-state index in [-0.39, 0.29) is 0 Å². The fraction of sp³-hybridized carbons (Fsp3) is 0.412. The van der Waals surface area contributed by atoms with Crippen LogP contribution >= 0.6 is 11.3 Å². The van der Waals surface area contributed by atoms with E-state index in [9.17, 15) is 8.42 Å². The maximum atomic E-state index is 12.6. The van der Waals surface area contributed by atoms with Gasteiger partial charge >= 0.3 is 0 Å². The van der Waals surface area contributed by atoms with Crippen molar-refractivity contribution in [3.63, 3.8) is 0 Å². The first-order chi connectivity index (χ1) is 11.1. The summed E-state index contributed by atoms with van der Waals surface area (Å²) in [4.78, 5) is 2.50. The molecule has 2 aliphatic heterocycles. The van der Waals surface area contributed by atoms with Gasteiger partial charge < -0.3 is 0 Å². The van der Waals surface area contributed by atoms with Crippen LogP contribution in [0.25, 0.3) is 0 Å². The summed E-state index contributed by atoms with van der Waals surface area (Å²) in [5.41, 5.74) is 2.84. The van der Waals surface area contributed by atoms with E-state index < -0.39 is 10.0 Å². The van der Waals surface area contributed by atoms with Gasteiger partial charge in [-0.1, -0.05) is 30.3 Å². The molecule has 6 heteroatoms. The lowest BCUT2D eigenvalue weighted by Gasteiger charge is -2.35. The zero-order chi connectivity index (χ0) is 15.9. The van der Waals surface area contributed by atoms with Crippen LogP contribution in [0.15, 0.2) is 46.0 Å². The van der Waals surface area contributed by atoms with Gasteiger partial charge in [0.05, 0.1) is 0 Å². The van der Waals surface area contributed by atoms with Crippen LogP contribution in [-0.4, -0.2) is 36.8 Å². The standard InChI is InChI=1S/C17H20N2O2S2/c20-23(21,17-6-3-11-22-17)19-9-7-16(8-10-19)18-12-14-4-1-2-5-15(14)13-18/h1-6,11,16H,7-10,12-13H2. The third-order valence-corrected chi connectivity index (χ3v) is 8.17. The normalized spacial score (nSPS) is 20.7. The molecule has 0 N–H and O–H groups in total. The van der Waals surface area contributed by atoms with Crippen molar-refractivity contribution < 1.29 is 8.42 Å². The number of thiophene rings is 1. The summed E-state index contributed by atoms with van der Waals surface area (Å²) in [5.74, 6) is 0. The Morgan fingerprint density at radius 1 is 0.957 bits per heavy atom. The van der Waals surface area contributed by atoms with Gasteiger partial charge in [-0.25, -0.2) is 8.42 Å². The zero-order valence-corrected chi connectivity index (χ0v) is 14.5. The molecule has 3 heterocycles. The van der Waals surface area contributed by atoms with Gasteiger partial charge in [0.2, 0.25) is 0 Å². The summed E-state index contributed by atoms with van der Waals surface area (Å²) in [6, 6.07) is 12.6. The zero-order valence-electron chi connectivity index (χ0n) is 12.9. The van der Waals surface area contributed by atoms with Gasteiger partial charge in [0.1, 0.15) is 4.21 Å². The molecule has 1 aromatic carbocycles. The topological polar surface area (TPSA) is 40.6 Å². The molecule has 0 unspecified atom stereocenters. The summed E-state index contributed by atoms with van der Waals surface area (Å²) >= 11 is 1.30. The first-order valence-corrected chi connectivity index (χ1v) is 10.3. The molecule has 122 valence electrons. The largest absolute Gasteiger partial charge is 0.292 e. The third kappa shape index (κ3) is 2.85. The number of rotatable bonds is 3. The number of sulfonamides is 1. The van der Waals surface area contributed by atoms with Crippen LogP contribution < -0.4 is 0 Å². The minimum Gasteiger partial charge on any atom is -0.292 e. The Morgan fingerprint density at radius 2 is 1.61 bits per heavy atom. The number of nitrogens with zero attached hydrogens (tertiary/aromatic N) is 2. The van der Waals surface area contributed by atoms with Gasteiger partial charge in [0, 0.05) is 32.2 Å². The molecule has 0 radical (unpaired) electrons. The molecule has 1 aromatic heterocycles. The van der Waals surface area contributed by atoms with Crippen LogP contribution in [0.3, 0.4) is 0 Å². The van der Waals surface area contributed by atoms with E-state index >= 15 is 0 Å². The highest BCUT2D eigenvalue weighted by Crippen LogP contribution is 2.30. The SMILES string of the molecule is O=S(=O)(c1cccs1)N1CCC(N2Cc3ccccc3C2)CC1. The van der Waals surface area contributed by atoms with Crippen molar-refractivity contribution in [3.8, 4) is 0 Å². The Morgan fingerprint density at radius 3 is 2.17 bits per heavy atom. The summed E-state index contributed by atoms with van der Waals surface area (Å²) in [6.07, 6.45) is 1.83. The van der Waals surface area contributed by atoms with Gasteiger partial charge in [0.25, 0.3) is 10.0 Å². The van der Waals surface area contributed by atoms with E-state index in [4.69, 9.17) is 0 Å². The number of piperidine rings is 1. The fourth-order valence-electron chi connectivity index (χ4n) is 3.60. The first kappa shape index (κ1) is 15.3. The summed E-state index contributed by atoms with van der Waals surface area (Å²) in [5, 5.41) is 1.82. The van der Waals surface area contributed by atoms with E-state index in [0.717, 1.165) is 25.9 Å². The summed E-state index contributed by atoms with van der Waals surface area (Å²) < 4.78 is 27.3. The molecule has 0 atom stereocenters. The highest BCUT2D eigenvalue weighted by molar-refractivity contribution is 7.91. The monoisotopic (exact) mass is 348 g/mol. The Kier molecular flexibility index (Phi) is 4.01. The van der Waals surface area contributed by atoms with Crippen LogP contribution in [0.1, 0.15) is 24.0 Å². The Hall–Kier alpha value is -1.21. The van der Waals surface area contributed by atoms with E-state index in [1.54, 1.807) is 16.4 Å². The van der Waals surface area contributed by atoms with E-state index in [1.165, 1.54) is 22.5 Å². The lowest BCUT2D eigenvalue weighted by atomic mass is 10.1. The maximum absolute atomic E-state index is 12.6. The average Bonchev–Trinajstić information content (AvgIpc) is 3.24. The second-order valence-electron chi connectivity index (χ2n) is 6.24. The van der Waals surface area contributed by atoms with Gasteiger partial charge in [-0.15, -0.1) is 11.3 Å². The molecule has 2 aromatic rings. The van der Waals surface area contributed by atoms with Gasteiger partial charge in [-0.3, -0.25) is 4.90 Å². The molecule has 23 heavy (non-hydrogen) atoms. The van der Waals surface area contributed by atoms with Crippen LogP contribution in [0, 0.1) is 0 Å². The van der Waals surface area contributed by atoms with Gasteiger partial charge in [-0.05, 0) is 35.4 Å². The lowest BCUT2D eigenvalue weighted by molar-refractivity contribution is 0.139. The van der Waals surface area contributed by atoms with E-state index in [2.05, 4.69) is 29.2 Å². The Bertz CT molecular complexity index is 754. The molecule has 0 amide bonds. The molecule has 1 fully saturated rings. The van der Waals surface area contributed by atoms with Gasteiger partial charge in [0.15, 0.2) is 0 Å². The summed E-state index contributed by atoms with van der Waals surface area (Å²) in [6.45, 7) is 3.24. The third-order valence-electron chi connectivity index (χ3n) is 4.89. The summed E-state index contributed by atoms with van der Waals surface area (Å²) in [7, 11) is -3.29. The molecule has 0 spiro atoms. The molecule has 4 rings (SSSR count). The lowest BCUT2D eigenvalue weighted by Crippen LogP contribution is -2.45. The van der Waals surface area contributed by atoms with Crippen molar-refractivity contribution in [1.29, 1.82) is 0 Å². The smallest absolute Gasteiger partial charge is 0.252 e. The van der Waals surface area contributed by atoms with Crippen LogP contribution in [0.4, 0.5) is 0 Å². The van der Waals surface area contributed by atoms with Gasteiger partial charge in [-0.2, -0.15) is 4.31 Å². The molecule has 0 saturated carbocycles. The predicted octanol–water partition coefficient (Wildman–Crippen LogP) is 2.92. The highest BCUT2D eigenvalue weighted by Gasteiger charge is 2.33. The molecule has 0 bridgehead atoms. The van der Waals surface area contributed by atoms with Crippen molar-refractivity contribution >= 4 is 21.4 Å². The molecule has 0 aliphatic carbocycles. The van der Waals surface area contributed by atoms with Crippen molar-refractivity contribution in [2.45, 2.75) is 36.2 Å². The van der Waals surface area contributed by atoms with Crippen LogP contribution in [0.2, 0.25) is 0 Å². The molecule has 4 nitrogen and oxygen atoms in total. The predicted molar refractivity (Wildman–Crippen MR) is 91.8 cm³/mol. The van der Waals surface area contributed by atoms with Crippen molar-refractivity contribution in [2.75, 3.05) is 13.1 Å². The molecule has 2 aliphatic rings. The molecule has 1 saturated heterocycles. The van der Waals surface area contributed by atoms with E-state index in [1.807, 2.05) is 5.38 Å². The minimum absolute atomic E-state index is 0.463. The average molecular weight is 348 g/mol. The number of benzene rings is 1. The molecular weight excluding hydrogens is 328 g/mol. The van der Waals surface area contributed by atoms with Crippen molar-refractivity contribution in [3.05, 3.63) is 52.9 Å². The second-order valence-corrected chi connectivity index (χ2v) is 9.35. The van der Waals surface area contributed by atoms with Crippen LogP contribution in [0.5, 0.6) is 0 Å². The number of hydrogen-bond donors (Lipinski definition) is 0. The first-order valence-electron chi connectivity index (χ1n) is 7.99. The quantitative estimate of drug-likeness (QED) is 0.856. The number of fused-ring (bicyclic) bond motifs is 1. The fourth-order valence-corrected chi connectivity index (χ4v) is 6.22. The maximum Gasteiger partial charge on any atom is 0.252 e. The highest BCUT2D eigenvalue weighted by atomic mass is 32.2. The Labute approximate surface area is 141 Å². The Balaban J connectivity index is 1.41. The second kappa shape index (κ2) is 6.02. The number of hydrogen-bond acceptors (Lipinski definition) is 4. The van der Waals surface area contributed by atoms with Crippen molar-refractivity contribution in [2.24, 2.45) is 0 Å². The van der Waals surface area contributed by atoms with Crippen LogP contribution in [-0.2, 0) is 23.1 Å². The van der Waals surface area contributed by atoms with Crippen molar-refractivity contribution in [1.82, 2.24) is 9.21 Å².